The van der Waals surface area contributed by atoms with Gasteiger partial charge in [0.15, 0.2) is 0 Å². The van der Waals surface area contributed by atoms with Gasteiger partial charge >= 0.3 is 0 Å². The smallest absolute Gasteiger partial charge is 0.0749 e. The zero-order valence-electron chi connectivity index (χ0n) is 11.1. The zero-order chi connectivity index (χ0) is 12.6. The van der Waals surface area contributed by atoms with Crippen LogP contribution in [0.2, 0.25) is 0 Å². The van der Waals surface area contributed by atoms with Crippen molar-refractivity contribution in [2.45, 2.75) is 32.7 Å². The molecule has 1 fully saturated rings. The van der Waals surface area contributed by atoms with Crippen molar-refractivity contribution in [1.29, 1.82) is 0 Å². The summed E-state index contributed by atoms with van der Waals surface area (Å²) in [5, 5.41) is 4.89. The Labute approximate surface area is 108 Å². The van der Waals surface area contributed by atoms with E-state index in [2.05, 4.69) is 48.4 Å². The van der Waals surface area contributed by atoms with E-state index in [4.69, 9.17) is 0 Å². The minimum atomic E-state index is 0.418. The summed E-state index contributed by atoms with van der Waals surface area (Å²) in [7, 11) is 0. The molecule has 1 saturated carbocycles. The molecule has 2 aromatic rings. The highest BCUT2D eigenvalue weighted by Crippen LogP contribution is 2.55. The minimum Gasteiger partial charge on any atom is -0.310 e. The maximum atomic E-state index is 4.59. The fourth-order valence-electron chi connectivity index (χ4n) is 2.78. The van der Waals surface area contributed by atoms with Gasteiger partial charge in [-0.05, 0) is 36.4 Å². The predicted molar refractivity (Wildman–Crippen MR) is 75.5 cm³/mol. The van der Waals surface area contributed by atoms with Crippen LogP contribution in [0.4, 0.5) is 0 Å². The molecule has 0 aliphatic heterocycles. The average molecular weight is 240 g/mol. The van der Waals surface area contributed by atoms with Gasteiger partial charge in [0.05, 0.1) is 5.52 Å². The zero-order valence-corrected chi connectivity index (χ0v) is 11.1. The van der Waals surface area contributed by atoms with Crippen LogP contribution in [0.1, 0.15) is 38.3 Å². The lowest BCUT2D eigenvalue weighted by atomic mass is 9.90. The number of nitrogens with one attached hydrogen (secondary N) is 1. The van der Waals surface area contributed by atoms with Gasteiger partial charge in [-0.15, -0.1) is 0 Å². The van der Waals surface area contributed by atoms with Crippen LogP contribution < -0.4 is 5.32 Å². The molecular weight excluding hydrogens is 220 g/mol. The quantitative estimate of drug-likeness (QED) is 0.881. The molecule has 1 aromatic carbocycles. The third kappa shape index (κ3) is 1.91. The number of aromatic nitrogens is 1. The van der Waals surface area contributed by atoms with E-state index in [1.807, 2.05) is 12.3 Å². The molecule has 1 heterocycles. The van der Waals surface area contributed by atoms with Crippen LogP contribution in [-0.2, 0) is 0 Å². The molecule has 1 unspecified atom stereocenters. The lowest BCUT2D eigenvalue weighted by Crippen LogP contribution is -2.28. The van der Waals surface area contributed by atoms with Gasteiger partial charge < -0.3 is 5.32 Å². The fourth-order valence-corrected chi connectivity index (χ4v) is 2.78. The molecule has 1 N–H and O–H groups in total. The highest BCUT2D eigenvalue weighted by atomic mass is 14.9. The Kier molecular flexibility index (Phi) is 2.83. The van der Waals surface area contributed by atoms with Crippen LogP contribution in [0.3, 0.4) is 0 Å². The normalized spacial score (nSPS) is 18.8. The van der Waals surface area contributed by atoms with Gasteiger partial charge in [-0.1, -0.05) is 38.1 Å². The van der Waals surface area contributed by atoms with Crippen LogP contribution in [0.5, 0.6) is 0 Å². The Bertz CT molecular complexity index is 553. The van der Waals surface area contributed by atoms with Crippen molar-refractivity contribution < 1.29 is 0 Å². The van der Waals surface area contributed by atoms with E-state index in [0.717, 1.165) is 12.1 Å². The summed E-state index contributed by atoms with van der Waals surface area (Å²) in [4.78, 5) is 4.59. The first-order valence-electron chi connectivity index (χ1n) is 6.81. The maximum absolute atomic E-state index is 4.59. The van der Waals surface area contributed by atoms with Crippen LogP contribution in [0, 0.1) is 5.41 Å². The second-order valence-corrected chi connectivity index (χ2v) is 5.57. The lowest BCUT2D eigenvalue weighted by Gasteiger charge is -2.25. The summed E-state index contributed by atoms with van der Waals surface area (Å²) in [6.07, 6.45) is 4.52. The summed E-state index contributed by atoms with van der Waals surface area (Å²) in [5.74, 6) is 0. The molecule has 0 amide bonds. The molecule has 94 valence electrons. The minimum absolute atomic E-state index is 0.418. The predicted octanol–water partition coefficient (Wildman–Crippen LogP) is 3.69. The standard InChI is InChI=1S/C16H20N2/c1-3-17-15(16(2)9-10-16)13-8-4-6-12-7-5-11-18-14(12)13/h4-8,11,15,17H,3,9-10H2,1-2H3. The number of fused-ring (bicyclic) bond motifs is 1. The second-order valence-electron chi connectivity index (χ2n) is 5.57. The van der Waals surface area contributed by atoms with E-state index in [1.165, 1.54) is 23.8 Å². The van der Waals surface area contributed by atoms with Gasteiger partial charge in [0, 0.05) is 17.6 Å². The summed E-state index contributed by atoms with van der Waals surface area (Å²) < 4.78 is 0. The number of hydrogen-bond donors (Lipinski definition) is 1. The van der Waals surface area contributed by atoms with Crippen LogP contribution in [0.25, 0.3) is 10.9 Å². The van der Waals surface area contributed by atoms with Gasteiger partial charge in [-0.25, -0.2) is 0 Å². The summed E-state index contributed by atoms with van der Waals surface area (Å²) in [6, 6.07) is 11.1. The van der Waals surface area contributed by atoms with Gasteiger partial charge in [0.2, 0.25) is 0 Å². The average Bonchev–Trinajstić information content (AvgIpc) is 3.14. The Morgan fingerprint density at radius 2 is 2.06 bits per heavy atom. The first-order valence-corrected chi connectivity index (χ1v) is 6.81. The summed E-state index contributed by atoms with van der Waals surface area (Å²) in [5.41, 5.74) is 2.93. The largest absolute Gasteiger partial charge is 0.310 e. The second kappa shape index (κ2) is 4.36. The van der Waals surface area contributed by atoms with E-state index in [0.29, 0.717) is 11.5 Å². The van der Waals surface area contributed by atoms with Gasteiger partial charge in [0.25, 0.3) is 0 Å². The van der Waals surface area contributed by atoms with Gasteiger partial charge in [-0.2, -0.15) is 0 Å². The van der Waals surface area contributed by atoms with Gasteiger partial charge in [0.1, 0.15) is 0 Å². The number of pyridine rings is 1. The number of benzene rings is 1. The van der Waals surface area contributed by atoms with E-state index in [1.54, 1.807) is 0 Å². The van der Waals surface area contributed by atoms with E-state index >= 15 is 0 Å². The first-order chi connectivity index (χ1) is 8.74. The molecule has 1 aliphatic rings. The molecule has 0 saturated heterocycles. The lowest BCUT2D eigenvalue weighted by molar-refractivity contribution is 0.375. The van der Waals surface area contributed by atoms with Gasteiger partial charge in [-0.3, -0.25) is 4.98 Å². The highest BCUT2D eigenvalue weighted by molar-refractivity contribution is 5.82. The van der Waals surface area contributed by atoms with E-state index in [9.17, 15) is 0 Å². The Morgan fingerprint density at radius 3 is 2.78 bits per heavy atom. The van der Waals surface area contributed by atoms with Crippen molar-refractivity contribution in [2.24, 2.45) is 5.41 Å². The van der Waals surface area contributed by atoms with Crippen molar-refractivity contribution >= 4 is 10.9 Å². The Balaban J connectivity index is 2.11. The molecule has 1 atom stereocenters. The highest BCUT2D eigenvalue weighted by Gasteiger charge is 2.45. The number of para-hydroxylation sites is 1. The van der Waals surface area contributed by atoms with Crippen molar-refractivity contribution in [1.82, 2.24) is 10.3 Å². The van der Waals surface area contributed by atoms with Crippen molar-refractivity contribution in [3.8, 4) is 0 Å². The summed E-state index contributed by atoms with van der Waals surface area (Å²) >= 11 is 0. The van der Waals surface area contributed by atoms with E-state index in [-0.39, 0.29) is 0 Å². The van der Waals surface area contributed by atoms with Crippen LogP contribution in [0.15, 0.2) is 36.5 Å². The molecule has 0 bridgehead atoms. The molecule has 0 radical (unpaired) electrons. The monoisotopic (exact) mass is 240 g/mol. The summed E-state index contributed by atoms with van der Waals surface area (Å²) in [6.45, 7) is 5.56. The molecule has 0 spiro atoms. The fraction of sp³-hybridized carbons (Fsp3) is 0.438. The molecule has 18 heavy (non-hydrogen) atoms. The number of hydrogen-bond acceptors (Lipinski definition) is 2. The molecule has 2 heteroatoms. The van der Waals surface area contributed by atoms with Crippen molar-refractivity contribution in [3.05, 3.63) is 42.1 Å². The Morgan fingerprint density at radius 1 is 1.28 bits per heavy atom. The Hall–Kier alpha value is -1.41. The van der Waals surface area contributed by atoms with Crippen LogP contribution in [-0.4, -0.2) is 11.5 Å². The van der Waals surface area contributed by atoms with Crippen molar-refractivity contribution in [3.63, 3.8) is 0 Å². The maximum Gasteiger partial charge on any atom is 0.0749 e. The molecular formula is C16H20N2. The molecule has 2 nitrogen and oxygen atoms in total. The van der Waals surface area contributed by atoms with Crippen molar-refractivity contribution in [2.75, 3.05) is 6.54 Å². The first kappa shape index (κ1) is 11.7. The molecule has 1 aliphatic carbocycles. The molecule has 3 rings (SSSR count). The SMILES string of the molecule is CCNC(c1cccc2cccnc12)C1(C)CC1. The van der Waals surface area contributed by atoms with Crippen LogP contribution >= 0.6 is 0 Å². The van der Waals surface area contributed by atoms with E-state index < -0.39 is 0 Å². The molecule has 1 aromatic heterocycles. The number of nitrogens with zero attached hydrogens (tertiary/aromatic N) is 1. The third-order valence-corrected chi connectivity index (χ3v) is 4.12. The third-order valence-electron chi connectivity index (χ3n) is 4.12. The number of rotatable bonds is 4. The topological polar surface area (TPSA) is 24.9 Å².